The van der Waals surface area contributed by atoms with Crippen molar-refractivity contribution in [1.82, 2.24) is 9.78 Å². The molecule has 35 heavy (non-hydrogen) atoms. The summed E-state index contributed by atoms with van der Waals surface area (Å²) < 4.78 is 40.2. The molecule has 0 radical (unpaired) electrons. The van der Waals surface area contributed by atoms with Crippen LogP contribution in [0.5, 0.6) is 0 Å². The van der Waals surface area contributed by atoms with Crippen LogP contribution in [0.3, 0.4) is 0 Å². The van der Waals surface area contributed by atoms with Crippen LogP contribution in [-0.4, -0.2) is 26.8 Å². The summed E-state index contributed by atoms with van der Waals surface area (Å²) in [6.07, 6.45) is -4.68. The minimum absolute atomic E-state index is 0.00531. The molecule has 1 unspecified atom stereocenters. The zero-order chi connectivity index (χ0) is 25.3. The fraction of sp³-hybridized carbons (Fsp3) is 0.0833. The fourth-order valence-corrected chi connectivity index (χ4v) is 3.74. The summed E-state index contributed by atoms with van der Waals surface area (Å²) in [6.45, 7) is 0. The minimum atomic E-state index is -4.68. The molecular formula is C24H15ClF3N3O4. The van der Waals surface area contributed by atoms with Crippen molar-refractivity contribution in [2.45, 2.75) is 12.2 Å². The second-order valence-electron chi connectivity index (χ2n) is 7.44. The van der Waals surface area contributed by atoms with Crippen molar-refractivity contribution in [1.29, 1.82) is 0 Å². The van der Waals surface area contributed by atoms with Crippen LogP contribution in [0.15, 0.2) is 77.6 Å². The summed E-state index contributed by atoms with van der Waals surface area (Å²) in [5.41, 5.74) is -2.35. The van der Waals surface area contributed by atoms with Gasteiger partial charge in [0.25, 0.3) is 11.5 Å². The van der Waals surface area contributed by atoms with Crippen LogP contribution < -0.4 is 10.9 Å². The number of nitrogens with one attached hydrogen (secondary N) is 1. The van der Waals surface area contributed by atoms with Crippen molar-refractivity contribution in [3.05, 3.63) is 105 Å². The number of carbonyl (C=O) groups is 2. The minimum Gasteiger partial charge on any atom is -0.476 e. The Hall–Kier alpha value is -4.18. The van der Waals surface area contributed by atoms with Gasteiger partial charge in [-0.1, -0.05) is 60.1 Å². The van der Waals surface area contributed by atoms with E-state index in [0.717, 1.165) is 12.1 Å². The molecule has 7 nitrogen and oxygen atoms in total. The van der Waals surface area contributed by atoms with Crippen LogP contribution >= 0.6 is 11.6 Å². The number of carboxylic acids is 1. The zero-order valence-electron chi connectivity index (χ0n) is 17.6. The number of nitrogens with zero attached hydrogens (tertiary/aromatic N) is 2. The molecule has 0 bridgehead atoms. The summed E-state index contributed by atoms with van der Waals surface area (Å²) in [5, 5.41) is 15.9. The number of carbonyl (C=O) groups excluding carboxylic acids is 1. The predicted molar refractivity (Wildman–Crippen MR) is 123 cm³/mol. The maximum atomic E-state index is 13.4. The molecule has 2 N–H and O–H groups in total. The van der Waals surface area contributed by atoms with Gasteiger partial charge >= 0.3 is 12.1 Å². The Labute approximate surface area is 200 Å². The Morgan fingerprint density at radius 2 is 1.60 bits per heavy atom. The molecule has 11 heteroatoms. The average Bonchev–Trinajstić information content (AvgIpc) is 2.82. The highest BCUT2D eigenvalue weighted by atomic mass is 35.5. The van der Waals surface area contributed by atoms with E-state index in [4.69, 9.17) is 11.6 Å². The van der Waals surface area contributed by atoms with Gasteiger partial charge in [-0.05, 0) is 29.8 Å². The summed E-state index contributed by atoms with van der Waals surface area (Å²) in [6, 6.07) is 14.6. The van der Waals surface area contributed by atoms with Crippen LogP contribution in [0.2, 0.25) is 5.02 Å². The second kappa shape index (κ2) is 9.22. The number of rotatable bonds is 5. The van der Waals surface area contributed by atoms with Crippen molar-refractivity contribution in [2.75, 3.05) is 5.32 Å². The first-order valence-corrected chi connectivity index (χ1v) is 10.4. The van der Waals surface area contributed by atoms with E-state index < -0.39 is 40.9 Å². The Bertz CT molecular complexity index is 1500. The number of aromatic nitrogens is 2. The first kappa shape index (κ1) is 24.0. The topological polar surface area (TPSA) is 101 Å². The largest absolute Gasteiger partial charge is 0.476 e. The van der Waals surface area contributed by atoms with Gasteiger partial charge in [-0.25, -0.2) is 9.48 Å². The molecule has 1 amide bonds. The molecule has 3 aromatic carbocycles. The number of halogens is 4. The number of amides is 1. The van der Waals surface area contributed by atoms with Crippen molar-refractivity contribution in [2.24, 2.45) is 0 Å². The molecule has 1 heterocycles. The fourth-order valence-electron chi connectivity index (χ4n) is 3.58. The lowest BCUT2D eigenvalue weighted by Gasteiger charge is -2.21. The molecule has 1 aromatic heterocycles. The van der Waals surface area contributed by atoms with Crippen molar-refractivity contribution in [3.8, 4) is 0 Å². The van der Waals surface area contributed by atoms with Gasteiger partial charge < -0.3 is 10.4 Å². The highest BCUT2D eigenvalue weighted by Crippen LogP contribution is 2.34. The van der Waals surface area contributed by atoms with Crippen molar-refractivity contribution < 1.29 is 27.9 Å². The quantitative estimate of drug-likeness (QED) is 0.401. The third kappa shape index (κ3) is 4.73. The molecule has 4 aromatic rings. The molecule has 0 fully saturated rings. The predicted octanol–water partition coefficient (Wildman–Crippen LogP) is 5.00. The van der Waals surface area contributed by atoms with E-state index >= 15 is 0 Å². The highest BCUT2D eigenvalue weighted by Gasteiger charge is 2.32. The van der Waals surface area contributed by atoms with Crippen LogP contribution in [0.25, 0.3) is 10.8 Å². The molecule has 0 saturated carbocycles. The molecule has 1 atom stereocenters. The number of hydrogen-bond acceptors (Lipinski definition) is 4. The van der Waals surface area contributed by atoms with E-state index in [1.165, 1.54) is 36.4 Å². The van der Waals surface area contributed by atoms with E-state index in [1.54, 1.807) is 18.2 Å². The van der Waals surface area contributed by atoms with Gasteiger partial charge in [0.05, 0.1) is 21.7 Å². The normalized spacial score (nSPS) is 12.3. The molecule has 0 spiro atoms. The Morgan fingerprint density at radius 3 is 2.23 bits per heavy atom. The number of alkyl halides is 3. The third-order valence-electron chi connectivity index (χ3n) is 5.19. The smallest absolute Gasteiger partial charge is 0.416 e. The average molecular weight is 502 g/mol. The summed E-state index contributed by atoms with van der Waals surface area (Å²) >= 11 is 6.02. The summed E-state index contributed by atoms with van der Waals surface area (Å²) in [5.74, 6) is -2.37. The van der Waals surface area contributed by atoms with Gasteiger partial charge in [0.15, 0.2) is 11.7 Å². The van der Waals surface area contributed by atoms with Gasteiger partial charge in [0.1, 0.15) is 0 Å². The lowest BCUT2D eigenvalue weighted by Crippen LogP contribution is -2.37. The van der Waals surface area contributed by atoms with Crippen LogP contribution in [0.1, 0.15) is 27.7 Å². The molecule has 0 aliphatic carbocycles. The number of aromatic carboxylic acids is 1. The summed E-state index contributed by atoms with van der Waals surface area (Å²) in [4.78, 5) is 38.6. The van der Waals surface area contributed by atoms with Gasteiger partial charge in [-0.2, -0.15) is 18.3 Å². The number of benzene rings is 3. The first-order valence-electron chi connectivity index (χ1n) is 10.1. The molecule has 178 valence electrons. The molecule has 0 saturated heterocycles. The highest BCUT2D eigenvalue weighted by molar-refractivity contribution is 6.33. The molecule has 4 rings (SSSR count). The van der Waals surface area contributed by atoms with Gasteiger partial charge in [0, 0.05) is 5.39 Å². The van der Waals surface area contributed by atoms with Crippen LogP contribution in [0, 0.1) is 0 Å². The van der Waals surface area contributed by atoms with E-state index in [0.29, 0.717) is 10.7 Å². The van der Waals surface area contributed by atoms with Crippen molar-refractivity contribution >= 4 is 39.9 Å². The van der Waals surface area contributed by atoms with E-state index in [1.807, 2.05) is 0 Å². The van der Waals surface area contributed by atoms with Gasteiger partial charge in [-0.3, -0.25) is 9.59 Å². The first-order chi connectivity index (χ1) is 16.6. The number of carboxylic acid groups (broad SMARTS) is 1. The molecular weight excluding hydrogens is 487 g/mol. The molecule has 0 aliphatic heterocycles. The number of hydrogen-bond donors (Lipinski definition) is 2. The maximum Gasteiger partial charge on any atom is 0.416 e. The van der Waals surface area contributed by atoms with Gasteiger partial charge in [-0.15, -0.1) is 0 Å². The van der Waals surface area contributed by atoms with E-state index in [9.17, 15) is 32.7 Å². The third-order valence-corrected chi connectivity index (χ3v) is 5.52. The van der Waals surface area contributed by atoms with Gasteiger partial charge in [0.2, 0.25) is 0 Å². The monoisotopic (exact) mass is 501 g/mol. The van der Waals surface area contributed by atoms with Crippen LogP contribution in [-0.2, 0) is 11.0 Å². The molecule has 0 aliphatic rings. The Balaban J connectivity index is 1.89. The SMILES string of the molecule is O=C(O)c1nn(C(C(=O)Nc2cc(C(F)(F)F)ccc2Cl)c2ccccc2)c(=O)c2ccccc12. The lowest BCUT2D eigenvalue weighted by atomic mass is 10.0. The van der Waals surface area contributed by atoms with Crippen LogP contribution in [0.4, 0.5) is 18.9 Å². The Kier molecular flexibility index (Phi) is 6.31. The zero-order valence-corrected chi connectivity index (χ0v) is 18.3. The standard InChI is InChI=1S/C24H15ClF3N3O4/c25-17-11-10-14(24(26,27)28)12-18(17)29-21(32)20(13-6-2-1-3-7-13)31-22(33)16-9-5-4-8-15(16)19(30-31)23(34)35/h1-12,20H,(H,29,32)(H,34,35). The van der Waals surface area contributed by atoms with Crippen molar-refractivity contribution in [3.63, 3.8) is 0 Å². The maximum absolute atomic E-state index is 13.4. The lowest BCUT2D eigenvalue weighted by molar-refractivity contribution is -0.137. The van der Waals surface area contributed by atoms with E-state index in [2.05, 4.69) is 10.4 Å². The second-order valence-corrected chi connectivity index (χ2v) is 7.85. The Morgan fingerprint density at radius 1 is 0.971 bits per heavy atom. The number of anilines is 1. The van der Waals surface area contributed by atoms with E-state index in [-0.39, 0.29) is 27.0 Å². The number of fused-ring (bicyclic) bond motifs is 1. The summed E-state index contributed by atoms with van der Waals surface area (Å²) in [7, 11) is 0.